The first-order valence-electron chi connectivity index (χ1n) is 5.39. The Morgan fingerprint density at radius 2 is 2.19 bits per heavy atom. The summed E-state index contributed by atoms with van der Waals surface area (Å²) < 4.78 is 2.14. The van der Waals surface area contributed by atoms with Gasteiger partial charge in [-0.25, -0.2) is 0 Å². The van der Waals surface area contributed by atoms with Crippen molar-refractivity contribution in [2.45, 2.75) is 25.8 Å². The Bertz CT molecular complexity index is 527. The summed E-state index contributed by atoms with van der Waals surface area (Å²) in [5, 5.41) is 8.29. The number of hydrogen-bond acceptors (Lipinski definition) is 4. The zero-order chi connectivity index (χ0) is 11.1. The molecule has 1 saturated carbocycles. The maximum absolute atomic E-state index is 5.91. The molecule has 2 heterocycles. The molecule has 0 bridgehead atoms. The maximum Gasteiger partial charge on any atom is 0.185 e. The number of nitrogens with two attached hydrogens (primary N) is 1. The monoisotopic (exact) mass is 215 g/mol. The minimum atomic E-state index is 0.534. The fourth-order valence-corrected chi connectivity index (χ4v) is 1.91. The van der Waals surface area contributed by atoms with Crippen LogP contribution in [0.3, 0.4) is 0 Å². The molecule has 1 fully saturated rings. The molecule has 1 aliphatic carbocycles. The van der Waals surface area contributed by atoms with Crippen LogP contribution >= 0.6 is 0 Å². The van der Waals surface area contributed by atoms with Crippen LogP contribution < -0.4 is 5.73 Å². The van der Waals surface area contributed by atoms with Gasteiger partial charge in [0.2, 0.25) is 0 Å². The average Bonchev–Trinajstić information content (AvgIpc) is 3.04. The summed E-state index contributed by atoms with van der Waals surface area (Å²) in [6.07, 6.45) is 4.12. The van der Waals surface area contributed by atoms with E-state index in [2.05, 4.69) is 19.7 Å². The van der Waals surface area contributed by atoms with Gasteiger partial charge < -0.3 is 10.3 Å². The van der Waals surface area contributed by atoms with E-state index in [0.717, 1.165) is 17.3 Å². The average molecular weight is 215 g/mol. The number of hydrogen-bond donors (Lipinski definition) is 1. The molecule has 0 spiro atoms. The number of rotatable bonds is 2. The van der Waals surface area contributed by atoms with Crippen molar-refractivity contribution < 1.29 is 0 Å². The van der Waals surface area contributed by atoms with E-state index < -0.39 is 0 Å². The molecule has 1 aliphatic rings. The first-order chi connectivity index (χ1) is 7.77. The lowest BCUT2D eigenvalue weighted by atomic mass is 10.3. The summed E-state index contributed by atoms with van der Waals surface area (Å²) in [7, 11) is 0. The van der Waals surface area contributed by atoms with Crippen molar-refractivity contribution in [3.8, 4) is 11.5 Å². The molecule has 0 aliphatic heterocycles. The molecule has 2 aromatic heterocycles. The molecule has 0 aromatic carbocycles. The topological polar surface area (TPSA) is 69.6 Å². The van der Waals surface area contributed by atoms with Crippen LogP contribution in [0, 0.1) is 6.92 Å². The number of pyridine rings is 1. The van der Waals surface area contributed by atoms with Gasteiger partial charge in [-0.15, -0.1) is 10.2 Å². The van der Waals surface area contributed by atoms with E-state index in [0.29, 0.717) is 11.7 Å². The molecule has 82 valence electrons. The molecule has 2 N–H and O–H groups in total. The van der Waals surface area contributed by atoms with Crippen LogP contribution in [-0.2, 0) is 0 Å². The van der Waals surface area contributed by atoms with Crippen molar-refractivity contribution >= 4 is 5.69 Å². The molecule has 2 aromatic rings. The van der Waals surface area contributed by atoms with E-state index in [1.807, 2.05) is 19.1 Å². The number of aromatic nitrogens is 4. The second-order valence-corrected chi connectivity index (χ2v) is 4.11. The molecule has 0 saturated heterocycles. The van der Waals surface area contributed by atoms with Crippen LogP contribution in [0.2, 0.25) is 0 Å². The lowest BCUT2D eigenvalue weighted by Crippen LogP contribution is -2.03. The summed E-state index contributed by atoms with van der Waals surface area (Å²) >= 11 is 0. The van der Waals surface area contributed by atoms with Crippen LogP contribution in [0.15, 0.2) is 18.3 Å². The molecule has 5 nitrogen and oxygen atoms in total. The summed E-state index contributed by atoms with van der Waals surface area (Å²) in [5.41, 5.74) is 7.29. The Morgan fingerprint density at radius 1 is 1.38 bits per heavy atom. The van der Waals surface area contributed by atoms with Gasteiger partial charge in [-0.3, -0.25) is 4.98 Å². The highest BCUT2D eigenvalue weighted by molar-refractivity contribution is 5.67. The lowest BCUT2D eigenvalue weighted by Gasteiger charge is -2.07. The highest BCUT2D eigenvalue weighted by Crippen LogP contribution is 2.39. The molecular formula is C11H13N5. The third kappa shape index (κ3) is 1.36. The zero-order valence-electron chi connectivity index (χ0n) is 9.09. The van der Waals surface area contributed by atoms with Gasteiger partial charge in [0, 0.05) is 12.2 Å². The number of nitrogen functional groups attached to an aromatic ring is 1. The minimum absolute atomic E-state index is 0.534. The first-order valence-corrected chi connectivity index (χ1v) is 5.39. The third-order valence-corrected chi connectivity index (χ3v) is 2.83. The SMILES string of the molecule is Cc1nnc(-c2ncccc2N)n1C1CC1. The van der Waals surface area contributed by atoms with Crippen LogP contribution in [0.1, 0.15) is 24.7 Å². The zero-order valence-corrected chi connectivity index (χ0v) is 9.09. The Hall–Kier alpha value is -1.91. The Balaban J connectivity index is 2.16. The van der Waals surface area contributed by atoms with Crippen LogP contribution in [0.25, 0.3) is 11.5 Å². The molecule has 5 heteroatoms. The molecular weight excluding hydrogens is 202 g/mol. The second-order valence-electron chi connectivity index (χ2n) is 4.11. The first kappa shape index (κ1) is 9.33. The summed E-state index contributed by atoms with van der Waals surface area (Å²) in [5.74, 6) is 1.72. The van der Waals surface area contributed by atoms with Gasteiger partial charge in [-0.05, 0) is 31.9 Å². The third-order valence-electron chi connectivity index (χ3n) is 2.83. The molecule has 0 unspecified atom stereocenters. The van der Waals surface area contributed by atoms with Crippen molar-refractivity contribution in [2.24, 2.45) is 0 Å². The standard InChI is InChI=1S/C11H13N5/c1-7-14-15-11(16(7)8-4-5-8)10-9(12)3-2-6-13-10/h2-3,6,8H,4-5,12H2,1H3. The van der Waals surface area contributed by atoms with Crippen molar-refractivity contribution in [3.05, 3.63) is 24.2 Å². The Labute approximate surface area is 93.3 Å². The fourth-order valence-electron chi connectivity index (χ4n) is 1.91. The van der Waals surface area contributed by atoms with Crippen molar-refractivity contribution in [2.75, 3.05) is 5.73 Å². The van der Waals surface area contributed by atoms with Gasteiger partial charge in [0.15, 0.2) is 5.82 Å². The largest absolute Gasteiger partial charge is 0.397 e. The van der Waals surface area contributed by atoms with Crippen LogP contribution in [-0.4, -0.2) is 19.7 Å². The van der Waals surface area contributed by atoms with Crippen molar-refractivity contribution in [1.29, 1.82) is 0 Å². The summed E-state index contributed by atoms with van der Waals surface area (Å²) in [6.45, 7) is 1.97. The van der Waals surface area contributed by atoms with E-state index in [-0.39, 0.29) is 0 Å². The van der Waals surface area contributed by atoms with Gasteiger partial charge in [-0.1, -0.05) is 0 Å². The summed E-state index contributed by atoms with van der Waals surface area (Å²) in [6, 6.07) is 4.19. The number of aryl methyl sites for hydroxylation is 1. The van der Waals surface area contributed by atoms with Gasteiger partial charge in [0.1, 0.15) is 11.5 Å². The van der Waals surface area contributed by atoms with Crippen molar-refractivity contribution in [3.63, 3.8) is 0 Å². The smallest absolute Gasteiger partial charge is 0.185 e. The van der Waals surface area contributed by atoms with Gasteiger partial charge in [0.25, 0.3) is 0 Å². The predicted octanol–water partition coefficient (Wildman–Crippen LogP) is 1.57. The normalized spacial score (nSPS) is 15.3. The summed E-state index contributed by atoms with van der Waals surface area (Å²) in [4.78, 5) is 4.28. The molecule has 0 amide bonds. The Kier molecular flexibility index (Phi) is 1.92. The van der Waals surface area contributed by atoms with E-state index in [1.54, 1.807) is 6.20 Å². The van der Waals surface area contributed by atoms with Crippen LogP contribution in [0.4, 0.5) is 5.69 Å². The second kappa shape index (κ2) is 3.30. The van der Waals surface area contributed by atoms with Gasteiger partial charge >= 0.3 is 0 Å². The van der Waals surface area contributed by atoms with E-state index in [9.17, 15) is 0 Å². The highest BCUT2D eigenvalue weighted by atomic mass is 15.3. The highest BCUT2D eigenvalue weighted by Gasteiger charge is 2.29. The van der Waals surface area contributed by atoms with Crippen LogP contribution in [0.5, 0.6) is 0 Å². The number of nitrogens with zero attached hydrogens (tertiary/aromatic N) is 4. The quantitative estimate of drug-likeness (QED) is 0.825. The maximum atomic E-state index is 5.91. The minimum Gasteiger partial charge on any atom is -0.397 e. The van der Waals surface area contributed by atoms with E-state index >= 15 is 0 Å². The molecule has 16 heavy (non-hydrogen) atoms. The molecule has 0 radical (unpaired) electrons. The van der Waals surface area contributed by atoms with Crippen molar-refractivity contribution in [1.82, 2.24) is 19.7 Å². The number of anilines is 1. The fraction of sp³-hybridized carbons (Fsp3) is 0.364. The molecule has 3 rings (SSSR count). The Morgan fingerprint density at radius 3 is 2.88 bits per heavy atom. The molecule has 0 atom stereocenters. The van der Waals surface area contributed by atoms with Gasteiger partial charge in [0.05, 0.1) is 5.69 Å². The lowest BCUT2D eigenvalue weighted by molar-refractivity contribution is 0.716. The van der Waals surface area contributed by atoms with E-state index in [1.165, 1.54) is 12.8 Å². The van der Waals surface area contributed by atoms with Gasteiger partial charge in [-0.2, -0.15) is 0 Å². The predicted molar refractivity (Wildman–Crippen MR) is 60.7 cm³/mol. The van der Waals surface area contributed by atoms with E-state index in [4.69, 9.17) is 5.73 Å².